The number of nitrogens with zero attached hydrogens (tertiary/aromatic N) is 1. The summed E-state index contributed by atoms with van der Waals surface area (Å²) in [6, 6.07) is 9.33. The number of nitrogens with one attached hydrogen (secondary N) is 1. The Bertz CT molecular complexity index is 390. The van der Waals surface area contributed by atoms with Crippen molar-refractivity contribution in [2.75, 3.05) is 26.2 Å². The second-order valence-electron chi connectivity index (χ2n) is 6.36. The average molecular weight is 260 g/mol. The molecule has 0 aromatic heterocycles. The zero-order valence-electron chi connectivity index (χ0n) is 12.8. The fraction of sp³-hybridized carbons (Fsp3) is 0.647. The molecule has 1 aliphatic heterocycles. The largest absolute Gasteiger partial charge is 0.316 e. The lowest BCUT2D eigenvalue weighted by molar-refractivity contribution is 0.141. The molecule has 0 saturated carbocycles. The lowest BCUT2D eigenvalue weighted by Gasteiger charge is -2.36. The molecule has 1 saturated heterocycles. The summed E-state index contributed by atoms with van der Waals surface area (Å²) < 4.78 is 0. The van der Waals surface area contributed by atoms with Crippen LogP contribution in [-0.2, 0) is 0 Å². The Balaban J connectivity index is 2.15. The molecule has 1 heterocycles. The Morgan fingerprint density at radius 1 is 1.11 bits per heavy atom. The van der Waals surface area contributed by atoms with Gasteiger partial charge >= 0.3 is 0 Å². The minimum Gasteiger partial charge on any atom is -0.316 e. The number of benzene rings is 1. The second kappa shape index (κ2) is 6.53. The van der Waals surface area contributed by atoms with Crippen LogP contribution in [0, 0.1) is 18.8 Å². The number of hydrogen-bond acceptors (Lipinski definition) is 2. The Morgan fingerprint density at radius 2 is 1.68 bits per heavy atom. The maximum Gasteiger partial charge on any atom is 0.0322 e. The van der Waals surface area contributed by atoms with E-state index in [1.54, 1.807) is 0 Å². The molecular formula is C17H28N2. The highest BCUT2D eigenvalue weighted by molar-refractivity contribution is 5.28. The second-order valence-corrected chi connectivity index (χ2v) is 6.36. The third-order valence-corrected chi connectivity index (χ3v) is 4.26. The third-order valence-electron chi connectivity index (χ3n) is 4.26. The lowest BCUT2D eigenvalue weighted by atomic mass is 9.97. The Morgan fingerprint density at radius 3 is 2.26 bits per heavy atom. The van der Waals surface area contributed by atoms with Crippen LogP contribution in [0.4, 0.5) is 0 Å². The van der Waals surface area contributed by atoms with Crippen molar-refractivity contribution in [2.24, 2.45) is 11.8 Å². The molecule has 3 unspecified atom stereocenters. The van der Waals surface area contributed by atoms with Gasteiger partial charge in [-0.15, -0.1) is 0 Å². The molecule has 1 aromatic carbocycles. The summed E-state index contributed by atoms with van der Waals surface area (Å²) in [5.41, 5.74) is 2.89. The van der Waals surface area contributed by atoms with E-state index in [4.69, 9.17) is 0 Å². The van der Waals surface area contributed by atoms with Crippen molar-refractivity contribution in [1.82, 2.24) is 10.2 Å². The standard InChI is InChI=1S/C17H28N2/c1-13-9-18-10-14(2)12-19(11-13)16(4)17-8-6-5-7-15(17)3/h5-8,13-14,16,18H,9-12H2,1-4H3. The summed E-state index contributed by atoms with van der Waals surface area (Å²) in [5, 5.41) is 3.57. The first-order valence-corrected chi connectivity index (χ1v) is 7.58. The van der Waals surface area contributed by atoms with E-state index < -0.39 is 0 Å². The molecule has 106 valence electrons. The van der Waals surface area contributed by atoms with Crippen molar-refractivity contribution >= 4 is 0 Å². The van der Waals surface area contributed by atoms with E-state index in [0.29, 0.717) is 6.04 Å². The molecule has 2 rings (SSSR count). The summed E-state index contributed by atoms with van der Waals surface area (Å²) in [6.45, 7) is 13.9. The number of aryl methyl sites for hydroxylation is 1. The molecule has 0 bridgehead atoms. The maximum atomic E-state index is 3.57. The molecule has 0 amide bonds. The molecule has 0 radical (unpaired) electrons. The Kier molecular flexibility index (Phi) is 5.00. The molecule has 1 N–H and O–H groups in total. The highest BCUT2D eigenvalue weighted by Gasteiger charge is 2.23. The summed E-state index contributed by atoms with van der Waals surface area (Å²) in [7, 11) is 0. The van der Waals surface area contributed by atoms with Crippen LogP contribution in [0.2, 0.25) is 0 Å². The van der Waals surface area contributed by atoms with Crippen molar-refractivity contribution in [2.45, 2.75) is 33.7 Å². The highest BCUT2D eigenvalue weighted by atomic mass is 15.2. The van der Waals surface area contributed by atoms with Crippen LogP contribution in [0.1, 0.15) is 37.9 Å². The Labute approximate surface area is 118 Å². The van der Waals surface area contributed by atoms with Gasteiger partial charge in [0.15, 0.2) is 0 Å². The number of rotatable bonds is 2. The summed E-state index contributed by atoms with van der Waals surface area (Å²) in [4.78, 5) is 2.67. The molecule has 1 aliphatic rings. The molecule has 1 fully saturated rings. The van der Waals surface area contributed by atoms with Crippen molar-refractivity contribution in [3.63, 3.8) is 0 Å². The Hall–Kier alpha value is -0.860. The van der Waals surface area contributed by atoms with Crippen LogP contribution in [0.25, 0.3) is 0 Å². The van der Waals surface area contributed by atoms with Crippen LogP contribution >= 0.6 is 0 Å². The van der Waals surface area contributed by atoms with E-state index in [0.717, 1.165) is 24.9 Å². The molecule has 2 nitrogen and oxygen atoms in total. The van der Waals surface area contributed by atoms with E-state index >= 15 is 0 Å². The first-order valence-electron chi connectivity index (χ1n) is 7.58. The van der Waals surface area contributed by atoms with Gasteiger partial charge < -0.3 is 5.32 Å². The van der Waals surface area contributed by atoms with Gasteiger partial charge in [-0.3, -0.25) is 4.90 Å². The van der Waals surface area contributed by atoms with Crippen LogP contribution < -0.4 is 5.32 Å². The first-order chi connectivity index (χ1) is 9.08. The van der Waals surface area contributed by atoms with E-state index in [2.05, 4.69) is 62.2 Å². The van der Waals surface area contributed by atoms with E-state index in [9.17, 15) is 0 Å². The summed E-state index contributed by atoms with van der Waals surface area (Å²) >= 11 is 0. The lowest BCUT2D eigenvalue weighted by Crippen LogP contribution is -2.43. The molecular weight excluding hydrogens is 232 g/mol. The van der Waals surface area contributed by atoms with Crippen molar-refractivity contribution < 1.29 is 0 Å². The van der Waals surface area contributed by atoms with Gasteiger partial charge in [0.05, 0.1) is 0 Å². The van der Waals surface area contributed by atoms with E-state index in [1.165, 1.54) is 24.2 Å². The normalized spacial score (nSPS) is 27.6. The summed E-state index contributed by atoms with van der Waals surface area (Å²) in [5.74, 6) is 1.44. The topological polar surface area (TPSA) is 15.3 Å². The van der Waals surface area contributed by atoms with Gasteiger partial charge in [-0.25, -0.2) is 0 Å². The molecule has 0 spiro atoms. The van der Waals surface area contributed by atoms with Crippen molar-refractivity contribution in [1.29, 1.82) is 0 Å². The third kappa shape index (κ3) is 3.80. The highest BCUT2D eigenvalue weighted by Crippen LogP contribution is 2.25. The fourth-order valence-corrected chi connectivity index (χ4v) is 3.15. The zero-order valence-corrected chi connectivity index (χ0v) is 12.8. The predicted octanol–water partition coefficient (Wildman–Crippen LogP) is 3.23. The quantitative estimate of drug-likeness (QED) is 0.878. The fourth-order valence-electron chi connectivity index (χ4n) is 3.15. The summed E-state index contributed by atoms with van der Waals surface area (Å²) in [6.07, 6.45) is 0. The first kappa shape index (κ1) is 14.5. The van der Waals surface area contributed by atoms with Gasteiger partial charge in [0, 0.05) is 19.1 Å². The van der Waals surface area contributed by atoms with Crippen LogP contribution in [-0.4, -0.2) is 31.1 Å². The van der Waals surface area contributed by atoms with Gasteiger partial charge in [-0.1, -0.05) is 38.1 Å². The maximum absolute atomic E-state index is 3.57. The predicted molar refractivity (Wildman–Crippen MR) is 82.4 cm³/mol. The van der Waals surface area contributed by atoms with Gasteiger partial charge in [-0.2, -0.15) is 0 Å². The van der Waals surface area contributed by atoms with Gasteiger partial charge in [0.25, 0.3) is 0 Å². The number of hydrogen-bond donors (Lipinski definition) is 1. The van der Waals surface area contributed by atoms with Gasteiger partial charge in [0.1, 0.15) is 0 Å². The zero-order chi connectivity index (χ0) is 13.8. The van der Waals surface area contributed by atoms with E-state index in [1.807, 2.05) is 0 Å². The van der Waals surface area contributed by atoms with Crippen molar-refractivity contribution in [3.05, 3.63) is 35.4 Å². The van der Waals surface area contributed by atoms with Crippen LogP contribution in [0.15, 0.2) is 24.3 Å². The van der Waals surface area contributed by atoms with Crippen molar-refractivity contribution in [3.8, 4) is 0 Å². The van der Waals surface area contributed by atoms with Crippen LogP contribution in [0.3, 0.4) is 0 Å². The van der Waals surface area contributed by atoms with Gasteiger partial charge in [0.2, 0.25) is 0 Å². The average Bonchev–Trinajstić information content (AvgIpc) is 2.35. The molecule has 0 aliphatic carbocycles. The SMILES string of the molecule is Cc1ccccc1C(C)N1CC(C)CNCC(C)C1. The van der Waals surface area contributed by atoms with Gasteiger partial charge in [-0.05, 0) is 49.9 Å². The molecule has 3 atom stereocenters. The molecule has 19 heavy (non-hydrogen) atoms. The molecule has 1 aromatic rings. The molecule has 2 heteroatoms. The minimum atomic E-state index is 0.518. The monoisotopic (exact) mass is 260 g/mol. The van der Waals surface area contributed by atoms with Crippen LogP contribution in [0.5, 0.6) is 0 Å². The smallest absolute Gasteiger partial charge is 0.0322 e. The van der Waals surface area contributed by atoms with E-state index in [-0.39, 0.29) is 0 Å². The minimum absolute atomic E-state index is 0.518.